The Hall–Kier alpha value is -1.26. The minimum atomic E-state index is -4.19. The minimum absolute atomic E-state index is 0.413. The van der Waals surface area contributed by atoms with Gasteiger partial charge in [-0.2, -0.15) is 13.2 Å². The fraction of sp³-hybridized carbons (Fsp3) is 0.400. The second-order valence-electron chi connectivity index (χ2n) is 3.37. The van der Waals surface area contributed by atoms with Crippen LogP contribution in [0, 0.1) is 5.82 Å². The number of rotatable bonds is 3. The second kappa shape index (κ2) is 4.51. The lowest BCUT2D eigenvalue weighted by molar-refractivity contribution is -0.136. The first kappa shape index (κ1) is 11.8. The lowest BCUT2D eigenvalue weighted by Crippen LogP contribution is -2.23. The van der Waals surface area contributed by atoms with E-state index < -0.39 is 24.5 Å². The van der Waals surface area contributed by atoms with Gasteiger partial charge in [0.25, 0.3) is 0 Å². The van der Waals surface area contributed by atoms with Crippen molar-refractivity contribution in [3.8, 4) is 0 Å². The van der Waals surface area contributed by atoms with E-state index in [2.05, 4.69) is 5.32 Å². The lowest BCUT2D eigenvalue weighted by Gasteiger charge is -2.16. The topological polar surface area (TPSA) is 12.0 Å². The number of hydrogen-bond donors (Lipinski definition) is 1. The van der Waals surface area contributed by atoms with E-state index in [1.165, 1.54) is 31.2 Å². The summed E-state index contributed by atoms with van der Waals surface area (Å²) in [5.41, 5.74) is 0.480. The molecule has 0 amide bonds. The Morgan fingerprint density at radius 3 is 2.20 bits per heavy atom. The van der Waals surface area contributed by atoms with E-state index in [0.717, 1.165) is 0 Å². The third-order valence-electron chi connectivity index (χ3n) is 1.79. The summed E-state index contributed by atoms with van der Waals surface area (Å²) in [4.78, 5) is 0. The monoisotopic (exact) mass is 221 g/mol. The molecule has 0 heterocycles. The van der Waals surface area contributed by atoms with Gasteiger partial charge in [0.05, 0.1) is 6.42 Å². The predicted octanol–water partition coefficient (Wildman–Crippen LogP) is 3.58. The summed E-state index contributed by atoms with van der Waals surface area (Å²) < 4.78 is 48.4. The van der Waals surface area contributed by atoms with E-state index in [1.807, 2.05) is 0 Å². The molecule has 5 heteroatoms. The van der Waals surface area contributed by atoms with Gasteiger partial charge in [-0.25, -0.2) is 4.39 Å². The van der Waals surface area contributed by atoms with Crippen molar-refractivity contribution in [1.82, 2.24) is 0 Å². The molecule has 0 saturated heterocycles. The van der Waals surface area contributed by atoms with Crippen LogP contribution in [0.5, 0.6) is 0 Å². The average molecular weight is 221 g/mol. The molecule has 1 rings (SSSR count). The zero-order chi connectivity index (χ0) is 11.5. The van der Waals surface area contributed by atoms with Crippen LogP contribution in [0.1, 0.15) is 13.3 Å². The van der Waals surface area contributed by atoms with Crippen LogP contribution in [0.2, 0.25) is 0 Å². The van der Waals surface area contributed by atoms with E-state index in [9.17, 15) is 17.6 Å². The molecule has 1 aromatic carbocycles. The SMILES string of the molecule is CC(CC(F)(F)F)Nc1ccc(F)cc1. The molecule has 0 aliphatic rings. The van der Waals surface area contributed by atoms with Crippen LogP contribution in [0.15, 0.2) is 24.3 Å². The number of anilines is 1. The van der Waals surface area contributed by atoms with E-state index >= 15 is 0 Å². The fourth-order valence-electron chi connectivity index (χ4n) is 1.23. The Labute approximate surface area is 85.1 Å². The molecule has 1 atom stereocenters. The maximum Gasteiger partial charge on any atom is 0.391 e. The first-order chi connectivity index (χ1) is 6.87. The van der Waals surface area contributed by atoms with Crippen LogP contribution in [0.25, 0.3) is 0 Å². The van der Waals surface area contributed by atoms with E-state index in [0.29, 0.717) is 5.69 Å². The molecule has 1 N–H and O–H groups in total. The van der Waals surface area contributed by atoms with Gasteiger partial charge in [-0.15, -0.1) is 0 Å². The van der Waals surface area contributed by atoms with Crippen LogP contribution in [0.4, 0.5) is 23.2 Å². The molecule has 0 saturated carbocycles. The molecular formula is C10H11F4N. The smallest absolute Gasteiger partial charge is 0.382 e. The van der Waals surface area contributed by atoms with E-state index in [4.69, 9.17) is 0 Å². The van der Waals surface area contributed by atoms with Gasteiger partial charge in [-0.1, -0.05) is 0 Å². The van der Waals surface area contributed by atoms with Crippen LogP contribution >= 0.6 is 0 Å². The average Bonchev–Trinajstić information content (AvgIpc) is 2.05. The number of halogens is 4. The Bertz CT molecular complexity index is 304. The number of alkyl halides is 3. The molecule has 84 valence electrons. The van der Waals surface area contributed by atoms with Gasteiger partial charge in [0, 0.05) is 11.7 Å². The molecule has 1 aromatic rings. The lowest BCUT2D eigenvalue weighted by atomic mass is 10.2. The third kappa shape index (κ3) is 4.67. The highest BCUT2D eigenvalue weighted by Crippen LogP contribution is 2.23. The van der Waals surface area contributed by atoms with Crippen molar-refractivity contribution in [2.24, 2.45) is 0 Å². The number of hydrogen-bond acceptors (Lipinski definition) is 1. The van der Waals surface area contributed by atoms with Gasteiger partial charge in [0.2, 0.25) is 0 Å². The van der Waals surface area contributed by atoms with Crippen LogP contribution < -0.4 is 5.32 Å². The molecule has 0 bridgehead atoms. The van der Waals surface area contributed by atoms with E-state index in [-0.39, 0.29) is 0 Å². The molecule has 15 heavy (non-hydrogen) atoms. The van der Waals surface area contributed by atoms with Crippen molar-refractivity contribution in [3.63, 3.8) is 0 Å². The Kier molecular flexibility index (Phi) is 3.55. The van der Waals surface area contributed by atoms with Gasteiger partial charge in [0.1, 0.15) is 5.82 Å². The molecule has 1 nitrogen and oxygen atoms in total. The molecule has 0 aliphatic carbocycles. The molecule has 0 aromatic heterocycles. The van der Waals surface area contributed by atoms with Gasteiger partial charge in [-0.3, -0.25) is 0 Å². The fourth-order valence-corrected chi connectivity index (χ4v) is 1.23. The summed E-state index contributed by atoms with van der Waals surface area (Å²) in [5, 5.41) is 2.64. The molecule has 0 radical (unpaired) electrons. The summed E-state index contributed by atoms with van der Waals surface area (Å²) >= 11 is 0. The quantitative estimate of drug-likeness (QED) is 0.769. The van der Waals surface area contributed by atoms with Crippen molar-refractivity contribution in [2.45, 2.75) is 25.6 Å². The standard InChI is InChI=1S/C10H11F4N/c1-7(6-10(12,13)14)15-9-4-2-8(11)3-5-9/h2-5,7,15H,6H2,1H3. The largest absolute Gasteiger partial charge is 0.391 e. The first-order valence-corrected chi connectivity index (χ1v) is 4.46. The summed E-state index contributed by atoms with van der Waals surface area (Å²) in [5.74, 6) is -0.413. The molecule has 0 spiro atoms. The van der Waals surface area contributed by atoms with Crippen LogP contribution in [0.3, 0.4) is 0 Å². The van der Waals surface area contributed by atoms with Crippen molar-refractivity contribution in [2.75, 3.05) is 5.32 Å². The zero-order valence-electron chi connectivity index (χ0n) is 8.11. The van der Waals surface area contributed by atoms with Gasteiger partial charge < -0.3 is 5.32 Å². The number of nitrogens with one attached hydrogen (secondary N) is 1. The molecule has 1 unspecified atom stereocenters. The summed E-state index contributed by atoms with van der Waals surface area (Å²) in [6, 6.07) is 4.48. The highest BCUT2D eigenvalue weighted by Gasteiger charge is 2.29. The summed E-state index contributed by atoms with van der Waals surface area (Å²) in [6.45, 7) is 1.43. The summed E-state index contributed by atoms with van der Waals surface area (Å²) in [7, 11) is 0. The predicted molar refractivity (Wildman–Crippen MR) is 50.2 cm³/mol. The van der Waals surface area contributed by atoms with Gasteiger partial charge in [0.15, 0.2) is 0 Å². The summed E-state index contributed by atoms with van der Waals surface area (Å²) in [6.07, 6.45) is -5.10. The Morgan fingerprint density at radius 2 is 1.73 bits per heavy atom. The maximum atomic E-state index is 12.5. The minimum Gasteiger partial charge on any atom is -0.382 e. The van der Waals surface area contributed by atoms with Crippen molar-refractivity contribution in [3.05, 3.63) is 30.1 Å². The van der Waals surface area contributed by atoms with Gasteiger partial charge in [-0.05, 0) is 31.2 Å². The highest BCUT2D eigenvalue weighted by molar-refractivity contribution is 5.43. The van der Waals surface area contributed by atoms with Crippen molar-refractivity contribution >= 4 is 5.69 Å². The third-order valence-corrected chi connectivity index (χ3v) is 1.79. The second-order valence-corrected chi connectivity index (χ2v) is 3.37. The zero-order valence-corrected chi connectivity index (χ0v) is 8.11. The maximum absolute atomic E-state index is 12.5. The van der Waals surface area contributed by atoms with Crippen molar-refractivity contribution < 1.29 is 17.6 Å². The normalized spacial score (nSPS) is 13.7. The Morgan fingerprint density at radius 1 is 1.20 bits per heavy atom. The molecule has 0 aliphatic heterocycles. The van der Waals surface area contributed by atoms with Crippen molar-refractivity contribution in [1.29, 1.82) is 0 Å². The Balaban J connectivity index is 2.51. The number of benzene rings is 1. The van der Waals surface area contributed by atoms with Crippen LogP contribution in [-0.2, 0) is 0 Å². The van der Waals surface area contributed by atoms with Gasteiger partial charge >= 0.3 is 6.18 Å². The first-order valence-electron chi connectivity index (χ1n) is 4.46. The highest BCUT2D eigenvalue weighted by atomic mass is 19.4. The molecular weight excluding hydrogens is 210 g/mol. The molecule has 0 fully saturated rings. The van der Waals surface area contributed by atoms with E-state index in [1.54, 1.807) is 0 Å². The van der Waals surface area contributed by atoms with Crippen LogP contribution in [-0.4, -0.2) is 12.2 Å².